The van der Waals surface area contributed by atoms with Crippen molar-refractivity contribution in [3.63, 3.8) is 0 Å². The fourth-order valence-electron chi connectivity index (χ4n) is 1.22. The van der Waals surface area contributed by atoms with Gasteiger partial charge in [0.1, 0.15) is 0 Å². The van der Waals surface area contributed by atoms with Crippen LogP contribution in [0, 0.1) is 0 Å². The molecule has 1 rings (SSSR count). The molecule has 0 aromatic rings. The number of amides is 1. The second-order valence-electron chi connectivity index (χ2n) is 2.78. The molecule has 1 aliphatic rings. The highest BCUT2D eigenvalue weighted by Gasteiger charge is 2.26. The molecule has 2 unspecified atom stereocenters. The number of hydrogen-bond donors (Lipinski definition) is 0. The van der Waals surface area contributed by atoms with Crippen molar-refractivity contribution in [1.82, 2.24) is 4.90 Å². The highest BCUT2D eigenvalue weighted by Crippen LogP contribution is 2.26. The number of alkyl halides is 2. The average Bonchev–Trinajstić information content (AvgIpc) is 1.94. The Bertz CT molecular complexity index is 163. The van der Waals surface area contributed by atoms with Crippen LogP contribution in [0.4, 0.5) is 0 Å². The molecule has 0 aromatic carbocycles. The van der Waals surface area contributed by atoms with Crippen LogP contribution in [-0.4, -0.2) is 25.3 Å². The lowest BCUT2D eigenvalue weighted by Gasteiger charge is -2.34. The first-order chi connectivity index (χ1) is 5.11. The molecular formula is C7H11I2NO. The van der Waals surface area contributed by atoms with E-state index in [0.717, 1.165) is 13.0 Å². The molecule has 0 radical (unpaired) electrons. The van der Waals surface area contributed by atoms with E-state index < -0.39 is 0 Å². The van der Waals surface area contributed by atoms with E-state index in [0.29, 0.717) is 7.97 Å². The fourth-order valence-corrected chi connectivity index (χ4v) is 2.98. The standard InChI is InChI=1S/C7H11I2NO/c1-5(11)10-4-6(8)2-3-7(10)9/h6-7H,2-4H2,1H3. The van der Waals surface area contributed by atoms with Gasteiger partial charge in [0.25, 0.3) is 0 Å². The van der Waals surface area contributed by atoms with E-state index in [4.69, 9.17) is 0 Å². The maximum Gasteiger partial charge on any atom is 0.220 e. The summed E-state index contributed by atoms with van der Waals surface area (Å²) in [5, 5.41) is 0. The minimum absolute atomic E-state index is 0.214. The Balaban J connectivity index is 2.54. The molecule has 0 N–H and O–H groups in total. The van der Waals surface area contributed by atoms with Gasteiger partial charge in [-0.3, -0.25) is 4.79 Å². The van der Waals surface area contributed by atoms with Crippen molar-refractivity contribution in [2.24, 2.45) is 0 Å². The van der Waals surface area contributed by atoms with Gasteiger partial charge in [0.2, 0.25) is 5.91 Å². The number of piperidine rings is 1. The van der Waals surface area contributed by atoms with Gasteiger partial charge in [0.05, 0.1) is 4.05 Å². The second kappa shape index (κ2) is 4.25. The molecule has 1 amide bonds. The smallest absolute Gasteiger partial charge is 0.220 e. The Morgan fingerprint density at radius 1 is 1.45 bits per heavy atom. The van der Waals surface area contributed by atoms with Crippen LogP contribution in [0.25, 0.3) is 0 Å². The zero-order valence-electron chi connectivity index (χ0n) is 6.39. The summed E-state index contributed by atoms with van der Waals surface area (Å²) >= 11 is 4.76. The normalized spacial score (nSPS) is 32.1. The number of halogens is 2. The molecule has 0 saturated carbocycles. The summed E-state index contributed by atoms with van der Waals surface area (Å²) in [5.41, 5.74) is 0. The van der Waals surface area contributed by atoms with E-state index in [9.17, 15) is 4.79 Å². The molecule has 11 heavy (non-hydrogen) atoms. The molecule has 0 spiro atoms. The van der Waals surface area contributed by atoms with Crippen LogP contribution in [-0.2, 0) is 4.79 Å². The Morgan fingerprint density at radius 3 is 2.55 bits per heavy atom. The number of hydrogen-bond acceptors (Lipinski definition) is 1. The summed E-state index contributed by atoms with van der Waals surface area (Å²) < 4.78 is 1.08. The van der Waals surface area contributed by atoms with Crippen molar-refractivity contribution in [3.05, 3.63) is 0 Å². The molecule has 0 bridgehead atoms. The third kappa shape index (κ3) is 2.71. The van der Waals surface area contributed by atoms with Crippen molar-refractivity contribution in [3.8, 4) is 0 Å². The summed E-state index contributed by atoms with van der Waals surface area (Å²) in [7, 11) is 0. The zero-order chi connectivity index (χ0) is 8.43. The quantitative estimate of drug-likeness (QED) is 0.359. The molecule has 4 heteroatoms. The van der Waals surface area contributed by atoms with Crippen LogP contribution < -0.4 is 0 Å². The van der Waals surface area contributed by atoms with Gasteiger partial charge in [0.15, 0.2) is 0 Å². The largest absolute Gasteiger partial charge is 0.330 e. The SMILES string of the molecule is CC(=O)N1CC(I)CCC1I. The van der Waals surface area contributed by atoms with Crippen LogP contribution in [0.2, 0.25) is 0 Å². The van der Waals surface area contributed by atoms with Crippen LogP contribution >= 0.6 is 45.2 Å². The van der Waals surface area contributed by atoms with E-state index in [1.54, 1.807) is 6.92 Å². The number of carbonyl (C=O) groups is 1. The van der Waals surface area contributed by atoms with Crippen LogP contribution in [0.1, 0.15) is 19.8 Å². The van der Waals surface area contributed by atoms with Crippen molar-refractivity contribution in [2.45, 2.75) is 27.7 Å². The van der Waals surface area contributed by atoms with Crippen LogP contribution in [0.3, 0.4) is 0 Å². The summed E-state index contributed by atoms with van der Waals surface area (Å²) in [6.45, 7) is 2.59. The zero-order valence-corrected chi connectivity index (χ0v) is 10.7. The van der Waals surface area contributed by atoms with Gasteiger partial charge in [-0.15, -0.1) is 0 Å². The van der Waals surface area contributed by atoms with Crippen LogP contribution in [0.5, 0.6) is 0 Å². The molecule has 1 heterocycles. The number of nitrogens with zero attached hydrogens (tertiary/aromatic N) is 1. The van der Waals surface area contributed by atoms with E-state index >= 15 is 0 Å². The fraction of sp³-hybridized carbons (Fsp3) is 0.857. The summed E-state index contributed by atoms with van der Waals surface area (Å²) in [5.74, 6) is 0.214. The molecular weight excluding hydrogens is 368 g/mol. The maximum absolute atomic E-state index is 11.1. The highest BCUT2D eigenvalue weighted by molar-refractivity contribution is 14.1. The van der Waals surface area contributed by atoms with E-state index in [2.05, 4.69) is 45.2 Å². The first-order valence-corrected chi connectivity index (χ1v) is 6.15. The van der Waals surface area contributed by atoms with E-state index in [1.807, 2.05) is 4.90 Å². The lowest BCUT2D eigenvalue weighted by Crippen LogP contribution is -2.43. The maximum atomic E-state index is 11.1. The first kappa shape index (κ1) is 10.0. The van der Waals surface area contributed by atoms with Gasteiger partial charge in [-0.2, -0.15) is 0 Å². The summed E-state index contributed by atoms with van der Waals surface area (Å²) in [6.07, 6.45) is 2.39. The Kier molecular flexibility index (Phi) is 3.87. The predicted molar refractivity (Wildman–Crippen MR) is 62.2 cm³/mol. The lowest BCUT2D eigenvalue weighted by molar-refractivity contribution is -0.129. The number of carbonyl (C=O) groups excluding carboxylic acids is 1. The Morgan fingerprint density at radius 2 is 2.09 bits per heavy atom. The number of rotatable bonds is 0. The molecule has 2 atom stereocenters. The van der Waals surface area contributed by atoms with Crippen molar-refractivity contribution in [2.75, 3.05) is 6.54 Å². The predicted octanol–water partition coefficient (Wildman–Crippen LogP) is 2.19. The van der Waals surface area contributed by atoms with Crippen molar-refractivity contribution < 1.29 is 4.79 Å². The van der Waals surface area contributed by atoms with Crippen molar-refractivity contribution >= 4 is 51.1 Å². The topological polar surface area (TPSA) is 20.3 Å². The minimum Gasteiger partial charge on any atom is -0.330 e. The second-order valence-corrected chi connectivity index (χ2v) is 5.98. The lowest BCUT2D eigenvalue weighted by atomic mass is 10.1. The Hall–Kier alpha value is 0.930. The van der Waals surface area contributed by atoms with Gasteiger partial charge in [-0.25, -0.2) is 0 Å². The monoisotopic (exact) mass is 379 g/mol. The molecule has 64 valence electrons. The summed E-state index contributed by atoms with van der Waals surface area (Å²) in [4.78, 5) is 13.0. The van der Waals surface area contributed by atoms with E-state index in [1.165, 1.54) is 6.42 Å². The van der Waals surface area contributed by atoms with Gasteiger partial charge < -0.3 is 4.90 Å². The van der Waals surface area contributed by atoms with E-state index in [-0.39, 0.29) is 5.91 Å². The third-order valence-corrected chi connectivity index (χ3v) is 4.17. The van der Waals surface area contributed by atoms with Gasteiger partial charge in [0, 0.05) is 17.4 Å². The van der Waals surface area contributed by atoms with Gasteiger partial charge in [-0.05, 0) is 12.8 Å². The van der Waals surface area contributed by atoms with Gasteiger partial charge in [-0.1, -0.05) is 45.2 Å². The molecule has 2 nitrogen and oxygen atoms in total. The highest BCUT2D eigenvalue weighted by atomic mass is 127. The van der Waals surface area contributed by atoms with Gasteiger partial charge >= 0.3 is 0 Å². The average molecular weight is 379 g/mol. The first-order valence-electron chi connectivity index (χ1n) is 3.66. The van der Waals surface area contributed by atoms with Crippen LogP contribution in [0.15, 0.2) is 0 Å². The minimum atomic E-state index is 0.214. The molecule has 1 saturated heterocycles. The third-order valence-electron chi connectivity index (χ3n) is 1.86. The van der Waals surface area contributed by atoms with Crippen molar-refractivity contribution in [1.29, 1.82) is 0 Å². The molecule has 0 aliphatic carbocycles. The number of likely N-dealkylation sites (tertiary alicyclic amines) is 1. The molecule has 0 aromatic heterocycles. The Labute approximate surface area is 94.4 Å². The molecule has 1 aliphatic heterocycles. The summed E-state index contributed by atoms with van der Waals surface area (Å²) in [6, 6.07) is 0. The molecule has 1 fully saturated rings.